The molecule has 0 bridgehead atoms. The number of anilines is 1. The second-order valence-electron chi connectivity index (χ2n) is 3.41. The van der Waals surface area contributed by atoms with Gasteiger partial charge in [0.15, 0.2) is 16.6 Å². The van der Waals surface area contributed by atoms with Gasteiger partial charge < -0.3 is 15.5 Å². The standard InChI is InChI=1S/C12H12N2O2S/c1-2-5-13-12-14-9(7-17-12)8-3-4-10(15)11(16)6-8/h2-4,6-7,15-16H,1,5H2,(H,13,14). The van der Waals surface area contributed by atoms with Crippen LogP contribution in [0.3, 0.4) is 0 Å². The lowest BCUT2D eigenvalue weighted by Crippen LogP contribution is -1.96. The fourth-order valence-corrected chi connectivity index (χ4v) is 2.06. The summed E-state index contributed by atoms with van der Waals surface area (Å²) in [6.45, 7) is 4.28. The van der Waals surface area contributed by atoms with Crippen LogP contribution in [-0.2, 0) is 0 Å². The minimum absolute atomic E-state index is 0.131. The zero-order valence-electron chi connectivity index (χ0n) is 9.05. The molecule has 0 atom stereocenters. The Kier molecular flexibility index (Phi) is 3.30. The van der Waals surface area contributed by atoms with E-state index in [-0.39, 0.29) is 11.5 Å². The molecule has 88 valence electrons. The molecule has 1 aromatic carbocycles. The van der Waals surface area contributed by atoms with Gasteiger partial charge in [-0.3, -0.25) is 0 Å². The number of rotatable bonds is 4. The first kappa shape index (κ1) is 11.5. The maximum atomic E-state index is 9.41. The molecule has 0 aliphatic carbocycles. The number of thiazole rings is 1. The Bertz CT molecular complexity index is 537. The molecule has 17 heavy (non-hydrogen) atoms. The van der Waals surface area contributed by atoms with E-state index in [1.54, 1.807) is 12.1 Å². The minimum atomic E-state index is -0.142. The maximum absolute atomic E-state index is 9.41. The molecule has 0 radical (unpaired) electrons. The third kappa shape index (κ3) is 2.57. The minimum Gasteiger partial charge on any atom is -0.504 e. The van der Waals surface area contributed by atoms with Crippen LogP contribution in [0.2, 0.25) is 0 Å². The normalized spacial score (nSPS) is 10.1. The lowest BCUT2D eigenvalue weighted by molar-refractivity contribution is 0.404. The number of nitrogens with one attached hydrogen (secondary N) is 1. The molecule has 5 heteroatoms. The summed E-state index contributed by atoms with van der Waals surface area (Å²) in [6.07, 6.45) is 1.76. The van der Waals surface area contributed by atoms with Gasteiger partial charge >= 0.3 is 0 Å². The fraction of sp³-hybridized carbons (Fsp3) is 0.0833. The lowest BCUT2D eigenvalue weighted by atomic mass is 10.1. The molecule has 2 aromatic rings. The number of hydrogen-bond acceptors (Lipinski definition) is 5. The van der Waals surface area contributed by atoms with Crippen LogP contribution in [-0.4, -0.2) is 21.7 Å². The number of hydrogen-bond donors (Lipinski definition) is 3. The van der Waals surface area contributed by atoms with Gasteiger partial charge in [0.2, 0.25) is 0 Å². The smallest absolute Gasteiger partial charge is 0.183 e. The average Bonchev–Trinajstić information content (AvgIpc) is 2.79. The molecule has 0 aliphatic heterocycles. The molecule has 2 rings (SSSR count). The second kappa shape index (κ2) is 4.88. The average molecular weight is 248 g/mol. The van der Waals surface area contributed by atoms with Gasteiger partial charge in [0.05, 0.1) is 5.69 Å². The van der Waals surface area contributed by atoms with Crippen molar-refractivity contribution in [2.24, 2.45) is 0 Å². The number of benzene rings is 1. The summed E-state index contributed by atoms with van der Waals surface area (Å²) in [7, 11) is 0. The van der Waals surface area contributed by atoms with Crippen molar-refractivity contribution >= 4 is 16.5 Å². The summed E-state index contributed by atoms with van der Waals surface area (Å²) in [5.41, 5.74) is 1.53. The number of nitrogens with zero attached hydrogens (tertiary/aromatic N) is 1. The number of aromatic hydroxyl groups is 2. The summed E-state index contributed by atoms with van der Waals surface area (Å²) in [4.78, 5) is 4.36. The van der Waals surface area contributed by atoms with E-state index in [1.807, 2.05) is 5.38 Å². The van der Waals surface area contributed by atoms with E-state index < -0.39 is 0 Å². The zero-order valence-corrected chi connectivity index (χ0v) is 9.87. The van der Waals surface area contributed by atoms with Crippen LogP contribution >= 0.6 is 11.3 Å². The van der Waals surface area contributed by atoms with Gasteiger partial charge in [-0.1, -0.05) is 6.08 Å². The first-order chi connectivity index (χ1) is 8.20. The van der Waals surface area contributed by atoms with E-state index in [0.717, 1.165) is 16.4 Å². The lowest BCUT2D eigenvalue weighted by Gasteiger charge is -2.00. The first-order valence-corrected chi connectivity index (χ1v) is 5.91. The first-order valence-electron chi connectivity index (χ1n) is 5.03. The summed E-state index contributed by atoms with van der Waals surface area (Å²) in [5, 5.41) is 24.4. The summed E-state index contributed by atoms with van der Waals surface area (Å²) in [6, 6.07) is 4.64. The SMILES string of the molecule is C=CCNc1nc(-c2ccc(O)c(O)c2)cs1. The van der Waals surface area contributed by atoms with E-state index in [9.17, 15) is 10.2 Å². The van der Waals surface area contributed by atoms with Crippen molar-refractivity contribution in [3.05, 3.63) is 36.2 Å². The molecule has 0 aliphatic rings. The molecule has 3 N–H and O–H groups in total. The van der Waals surface area contributed by atoms with Gasteiger partial charge in [-0.05, 0) is 18.2 Å². The van der Waals surface area contributed by atoms with Crippen LogP contribution in [0.1, 0.15) is 0 Å². The predicted octanol–water partition coefficient (Wildman–Crippen LogP) is 2.82. The van der Waals surface area contributed by atoms with Gasteiger partial charge in [-0.15, -0.1) is 17.9 Å². The Hall–Kier alpha value is -2.01. The van der Waals surface area contributed by atoms with Crippen LogP contribution in [0.4, 0.5) is 5.13 Å². The van der Waals surface area contributed by atoms with Gasteiger partial charge in [-0.25, -0.2) is 4.98 Å². The highest BCUT2D eigenvalue weighted by Gasteiger charge is 2.06. The molecule has 0 saturated carbocycles. The molecule has 0 amide bonds. The van der Waals surface area contributed by atoms with Gasteiger partial charge in [0, 0.05) is 17.5 Å². The van der Waals surface area contributed by atoms with E-state index in [0.29, 0.717) is 6.54 Å². The molecule has 0 spiro atoms. The predicted molar refractivity (Wildman–Crippen MR) is 69.6 cm³/mol. The highest BCUT2D eigenvalue weighted by molar-refractivity contribution is 7.14. The Morgan fingerprint density at radius 3 is 2.88 bits per heavy atom. The maximum Gasteiger partial charge on any atom is 0.183 e. The van der Waals surface area contributed by atoms with Crippen molar-refractivity contribution in [2.75, 3.05) is 11.9 Å². The van der Waals surface area contributed by atoms with Crippen LogP contribution < -0.4 is 5.32 Å². The third-order valence-electron chi connectivity index (χ3n) is 2.17. The molecule has 0 unspecified atom stereocenters. The van der Waals surface area contributed by atoms with Crippen molar-refractivity contribution in [1.82, 2.24) is 4.98 Å². The molecular formula is C12H12N2O2S. The quantitative estimate of drug-likeness (QED) is 0.575. The number of phenolic OH excluding ortho intramolecular Hbond substituents is 2. The monoisotopic (exact) mass is 248 g/mol. The topological polar surface area (TPSA) is 65.4 Å². The molecule has 0 saturated heterocycles. The van der Waals surface area contributed by atoms with Crippen LogP contribution in [0.15, 0.2) is 36.2 Å². The molecular weight excluding hydrogens is 236 g/mol. The van der Waals surface area contributed by atoms with E-state index >= 15 is 0 Å². The number of aromatic nitrogens is 1. The van der Waals surface area contributed by atoms with Gasteiger partial charge in [0.25, 0.3) is 0 Å². The van der Waals surface area contributed by atoms with Crippen molar-refractivity contribution in [3.8, 4) is 22.8 Å². The molecule has 0 fully saturated rings. The Morgan fingerprint density at radius 1 is 1.35 bits per heavy atom. The zero-order chi connectivity index (χ0) is 12.3. The third-order valence-corrected chi connectivity index (χ3v) is 2.97. The van der Waals surface area contributed by atoms with Crippen LogP contribution in [0, 0.1) is 0 Å². The fourth-order valence-electron chi connectivity index (χ4n) is 1.33. The summed E-state index contributed by atoms with van der Waals surface area (Å²) >= 11 is 1.48. The van der Waals surface area contributed by atoms with Gasteiger partial charge in [-0.2, -0.15) is 0 Å². The van der Waals surface area contributed by atoms with E-state index in [4.69, 9.17) is 0 Å². The van der Waals surface area contributed by atoms with E-state index in [2.05, 4.69) is 16.9 Å². The Morgan fingerprint density at radius 2 is 2.18 bits per heavy atom. The molecule has 4 nitrogen and oxygen atoms in total. The van der Waals surface area contributed by atoms with Crippen molar-refractivity contribution in [1.29, 1.82) is 0 Å². The molecule has 1 aromatic heterocycles. The van der Waals surface area contributed by atoms with Gasteiger partial charge in [0.1, 0.15) is 0 Å². The highest BCUT2D eigenvalue weighted by Crippen LogP contribution is 2.31. The van der Waals surface area contributed by atoms with Crippen molar-refractivity contribution < 1.29 is 10.2 Å². The van der Waals surface area contributed by atoms with Crippen LogP contribution in [0.25, 0.3) is 11.3 Å². The Balaban J connectivity index is 2.24. The largest absolute Gasteiger partial charge is 0.504 e. The summed E-state index contributed by atoms with van der Waals surface area (Å²) in [5.74, 6) is -0.273. The van der Waals surface area contributed by atoms with Crippen molar-refractivity contribution in [3.63, 3.8) is 0 Å². The Labute approximate surface area is 103 Å². The van der Waals surface area contributed by atoms with Crippen molar-refractivity contribution in [2.45, 2.75) is 0 Å². The van der Waals surface area contributed by atoms with Crippen LogP contribution in [0.5, 0.6) is 11.5 Å². The molecule has 1 heterocycles. The second-order valence-corrected chi connectivity index (χ2v) is 4.27. The number of phenols is 2. The highest BCUT2D eigenvalue weighted by atomic mass is 32.1. The summed E-state index contributed by atoms with van der Waals surface area (Å²) < 4.78 is 0. The van der Waals surface area contributed by atoms with E-state index in [1.165, 1.54) is 23.5 Å².